The Balaban J connectivity index is 1.74. The third-order valence-corrected chi connectivity index (χ3v) is 5.42. The zero-order valence-corrected chi connectivity index (χ0v) is 21.4. The van der Waals surface area contributed by atoms with E-state index in [4.69, 9.17) is 9.47 Å². The average Bonchev–Trinajstić information content (AvgIpc) is 2.74. The van der Waals surface area contributed by atoms with Gasteiger partial charge in [0.2, 0.25) is 5.91 Å². The molecule has 0 saturated heterocycles. The summed E-state index contributed by atoms with van der Waals surface area (Å²) < 4.78 is 12.9. The largest absolute Gasteiger partial charge is 0.493 e. The van der Waals surface area contributed by atoms with Crippen LogP contribution >= 0.6 is 0 Å². The van der Waals surface area contributed by atoms with E-state index in [1.165, 1.54) is 13.1 Å². The van der Waals surface area contributed by atoms with Crippen LogP contribution in [0.15, 0.2) is 35.3 Å². The molecule has 0 radical (unpaired) electrons. The number of fused-ring (bicyclic) bond motifs is 3. The minimum absolute atomic E-state index is 0.0707. The number of rotatable bonds is 7. The molecule has 2 N–H and O–H groups in total. The maximum atomic E-state index is 12.9. The first-order valence-electron chi connectivity index (χ1n) is 11.7. The Morgan fingerprint density at radius 3 is 2.49 bits per heavy atom. The maximum absolute atomic E-state index is 12.9. The van der Waals surface area contributed by atoms with Gasteiger partial charge in [-0.2, -0.15) is 0 Å². The number of benzene rings is 1. The Hall–Kier alpha value is -3.62. The molecule has 2 heterocycles. The highest BCUT2D eigenvalue weighted by molar-refractivity contribution is 6.07. The quantitative estimate of drug-likeness (QED) is 0.484. The first-order valence-corrected chi connectivity index (χ1v) is 11.7. The van der Waals surface area contributed by atoms with Gasteiger partial charge in [-0.1, -0.05) is 6.92 Å². The highest BCUT2D eigenvalue weighted by Gasteiger charge is 2.19. The number of carbonyl (C=O) groups excluding carboxylic acids is 2. The number of hydrogen-bond donors (Lipinski definition) is 2. The minimum Gasteiger partial charge on any atom is -0.493 e. The molecule has 0 aliphatic carbocycles. The van der Waals surface area contributed by atoms with Crippen LogP contribution in [0.3, 0.4) is 0 Å². The molecule has 2 amide bonds. The van der Waals surface area contributed by atoms with E-state index >= 15 is 0 Å². The Bertz CT molecular complexity index is 1310. The lowest BCUT2D eigenvalue weighted by Gasteiger charge is -2.23. The summed E-state index contributed by atoms with van der Waals surface area (Å²) in [6.45, 7) is 11.3. The second-order valence-electron chi connectivity index (χ2n) is 10.0. The zero-order valence-electron chi connectivity index (χ0n) is 21.4. The Kier molecular flexibility index (Phi) is 7.67. The van der Waals surface area contributed by atoms with Gasteiger partial charge in [0.05, 0.1) is 17.5 Å². The van der Waals surface area contributed by atoms with Crippen LogP contribution in [0.25, 0.3) is 21.7 Å². The predicted octanol–water partition coefficient (Wildman–Crippen LogP) is 4.36. The van der Waals surface area contributed by atoms with Gasteiger partial charge < -0.3 is 24.7 Å². The van der Waals surface area contributed by atoms with E-state index < -0.39 is 11.7 Å². The van der Waals surface area contributed by atoms with E-state index in [-0.39, 0.29) is 23.4 Å². The fourth-order valence-electron chi connectivity index (χ4n) is 3.97. The van der Waals surface area contributed by atoms with Crippen molar-refractivity contribution in [2.75, 3.05) is 11.9 Å². The lowest BCUT2D eigenvalue weighted by molar-refractivity contribution is -0.114. The van der Waals surface area contributed by atoms with Gasteiger partial charge >= 0.3 is 6.09 Å². The first-order chi connectivity index (χ1) is 16.3. The number of hydrogen-bond acceptors (Lipinski definition) is 6. The van der Waals surface area contributed by atoms with Crippen molar-refractivity contribution in [2.24, 2.45) is 13.0 Å². The molecule has 35 heavy (non-hydrogen) atoms. The van der Waals surface area contributed by atoms with Crippen molar-refractivity contribution in [1.82, 2.24) is 14.9 Å². The normalized spacial score (nSPS) is 13.3. The van der Waals surface area contributed by atoms with E-state index in [0.29, 0.717) is 34.5 Å². The summed E-state index contributed by atoms with van der Waals surface area (Å²) in [6, 6.07) is 7.24. The molecule has 1 aromatic carbocycles. The van der Waals surface area contributed by atoms with Crippen LogP contribution in [0.1, 0.15) is 48.0 Å². The number of amides is 2. The number of ether oxygens (including phenoxy) is 2. The number of nitrogens with one attached hydrogen (secondary N) is 2. The van der Waals surface area contributed by atoms with E-state index in [0.717, 1.165) is 11.8 Å². The Labute approximate surface area is 204 Å². The fourth-order valence-corrected chi connectivity index (χ4v) is 3.97. The van der Waals surface area contributed by atoms with Gasteiger partial charge in [0.1, 0.15) is 17.2 Å². The summed E-state index contributed by atoms with van der Waals surface area (Å²) in [6.07, 6.45) is 1.77. The Morgan fingerprint density at radius 2 is 1.83 bits per heavy atom. The number of alkyl carbamates (subject to hydrolysis) is 1. The lowest BCUT2D eigenvalue weighted by atomic mass is 10.0. The highest BCUT2D eigenvalue weighted by Crippen LogP contribution is 2.27. The second kappa shape index (κ2) is 10.3. The summed E-state index contributed by atoms with van der Waals surface area (Å²) in [7, 11) is 1.71. The average molecular weight is 483 g/mol. The molecule has 0 saturated carbocycles. The third kappa shape index (κ3) is 6.71. The molecule has 3 rings (SSSR count). The van der Waals surface area contributed by atoms with Crippen molar-refractivity contribution in [1.29, 1.82) is 0 Å². The van der Waals surface area contributed by atoms with Crippen LogP contribution in [-0.2, 0) is 16.6 Å². The molecule has 0 fully saturated rings. The van der Waals surface area contributed by atoms with Crippen LogP contribution in [0, 0.1) is 5.92 Å². The van der Waals surface area contributed by atoms with Crippen molar-refractivity contribution < 1.29 is 19.1 Å². The fraction of sp³-hybridized carbons (Fsp3) is 0.462. The number of aryl methyl sites for hydroxylation is 1. The molecule has 9 heteroatoms. The molecule has 0 spiro atoms. The number of carbonyl (C=O) groups is 2. The lowest BCUT2D eigenvalue weighted by Crippen LogP contribution is -2.38. The Morgan fingerprint density at radius 1 is 1.11 bits per heavy atom. The monoisotopic (exact) mass is 482 g/mol. The van der Waals surface area contributed by atoms with Crippen LogP contribution in [0.2, 0.25) is 0 Å². The van der Waals surface area contributed by atoms with Gasteiger partial charge in [-0.3, -0.25) is 9.59 Å². The number of aromatic nitrogens is 2. The smallest absolute Gasteiger partial charge is 0.407 e. The van der Waals surface area contributed by atoms with Gasteiger partial charge in [0, 0.05) is 43.0 Å². The van der Waals surface area contributed by atoms with Gasteiger partial charge in [0.15, 0.2) is 0 Å². The first kappa shape index (κ1) is 26.0. The van der Waals surface area contributed by atoms with Crippen molar-refractivity contribution in [3.63, 3.8) is 0 Å². The summed E-state index contributed by atoms with van der Waals surface area (Å²) in [4.78, 5) is 40.5. The predicted molar refractivity (Wildman–Crippen MR) is 137 cm³/mol. The minimum atomic E-state index is -0.540. The van der Waals surface area contributed by atoms with Crippen molar-refractivity contribution in [3.8, 4) is 5.75 Å². The van der Waals surface area contributed by atoms with Gasteiger partial charge in [-0.05, 0) is 58.2 Å². The number of pyridine rings is 2. The van der Waals surface area contributed by atoms with Gasteiger partial charge in [-0.25, -0.2) is 9.78 Å². The molecule has 3 aromatic rings. The number of nitrogens with zero attached hydrogens (tertiary/aromatic N) is 2. The van der Waals surface area contributed by atoms with Crippen LogP contribution in [0.5, 0.6) is 5.75 Å². The van der Waals surface area contributed by atoms with E-state index in [1.807, 2.05) is 52.8 Å². The van der Waals surface area contributed by atoms with E-state index in [2.05, 4.69) is 15.6 Å². The topological polar surface area (TPSA) is 112 Å². The van der Waals surface area contributed by atoms with E-state index in [1.54, 1.807) is 17.7 Å². The van der Waals surface area contributed by atoms with Crippen molar-refractivity contribution in [2.45, 2.75) is 59.6 Å². The molecule has 2 aromatic heterocycles. The third-order valence-electron chi connectivity index (χ3n) is 5.42. The highest BCUT2D eigenvalue weighted by atomic mass is 16.6. The molecule has 188 valence electrons. The SMILES string of the molecule is CC(=O)Nc1cc2c(cn1)c(=O)n(C)c1cc(OCC(C)CC(C)NC(=O)OC(C)(C)C)ccc21. The van der Waals surface area contributed by atoms with Crippen molar-refractivity contribution in [3.05, 3.63) is 40.8 Å². The standard InChI is InChI=1S/C26H34N4O5/c1-15(10-16(2)28-25(33)35-26(4,5)6)14-34-18-8-9-19-20-12-23(29-17(3)31)27-13-21(20)24(32)30(7)22(19)11-18/h8-9,11-13,15-16H,10,14H2,1-7H3,(H,28,33)(H,27,29,31). The van der Waals surface area contributed by atoms with Crippen LogP contribution < -0.4 is 20.9 Å². The molecule has 0 bridgehead atoms. The molecule has 2 unspecified atom stereocenters. The van der Waals surface area contributed by atoms with Crippen LogP contribution in [-0.4, -0.2) is 39.8 Å². The molecule has 2 atom stereocenters. The van der Waals surface area contributed by atoms with Crippen molar-refractivity contribution >= 4 is 39.5 Å². The molecule has 0 aliphatic heterocycles. The maximum Gasteiger partial charge on any atom is 0.407 e. The summed E-state index contributed by atoms with van der Waals surface area (Å²) >= 11 is 0. The summed E-state index contributed by atoms with van der Waals surface area (Å²) in [5.74, 6) is 0.971. The van der Waals surface area contributed by atoms with Crippen LogP contribution in [0.4, 0.5) is 10.6 Å². The van der Waals surface area contributed by atoms with Gasteiger partial charge in [0.25, 0.3) is 5.56 Å². The van der Waals surface area contributed by atoms with Gasteiger partial charge in [-0.15, -0.1) is 0 Å². The summed E-state index contributed by atoms with van der Waals surface area (Å²) in [5.41, 5.74) is -0.00303. The molecule has 0 aliphatic rings. The second-order valence-corrected chi connectivity index (χ2v) is 10.0. The molecular weight excluding hydrogens is 448 g/mol. The molecule has 9 nitrogen and oxygen atoms in total. The zero-order chi connectivity index (χ0) is 25.9. The summed E-state index contributed by atoms with van der Waals surface area (Å²) in [5, 5.41) is 7.55. The number of anilines is 1. The molecular formula is C26H34N4O5. The van der Waals surface area contributed by atoms with E-state index in [9.17, 15) is 14.4 Å².